The van der Waals surface area contributed by atoms with Gasteiger partial charge in [-0.05, 0) is 26.4 Å². The first-order valence-electron chi connectivity index (χ1n) is 8.83. The van der Waals surface area contributed by atoms with Gasteiger partial charge in [-0.25, -0.2) is 0 Å². The molecule has 1 saturated carbocycles. The Hall–Kier alpha value is -0.160. The minimum Gasteiger partial charge on any atom is -0.412 e. The zero-order valence-electron chi connectivity index (χ0n) is 15.4. The van der Waals surface area contributed by atoms with Gasteiger partial charge in [0.25, 0.3) is 0 Å². The van der Waals surface area contributed by atoms with Crippen molar-refractivity contribution >= 4 is 0 Å². The van der Waals surface area contributed by atoms with Crippen molar-refractivity contribution < 1.29 is 11.0 Å². The maximum Gasteiger partial charge on any atom is 0.0164 e. The number of hydrogen-bond donors (Lipinski definition) is 2. The van der Waals surface area contributed by atoms with Crippen molar-refractivity contribution in [3.63, 3.8) is 0 Å². The van der Waals surface area contributed by atoms with Crippen LogP contribution in [0.3, 0.4) is 0 Å². The molecule has 134 valence electrons. The van der Waals surface area contributed by atoms with E-state index in [1.807, 2.05) is 27.7 Å². The van der Waals surface area contributed by atoms with Crippen LogP contribution in [0.2, 0.25) is 0 Å². The van der Waals surface area contributed by atoms with E-state index in [1.54, 1.807) is 0 Å². The molecule has 0 amide bonds. The highest BCUT2D eigenvalue weighted by Crippen LogP contribution is 2.15. The fourth-order valence-electron chi connectivity index (χ4n) is 2.19. The lowest BCUT2D eigenvalue weighted by Gasteiger charge is -2.06. The summed E-state index contributed by atoms with van der Waals surface area (Å²) >= 11 is 0. The molecule has 2 fully saturated rings. The Morgan fingerprint density at radius 3 is 1.38 bits per heavy atom. The number of nitrogens with one attached hydrogen (secondary N) is 2. The summed E-state index contributed by atoms with van der Waals surface area (Å²) in [4.78, 5) is 0. The number of hydrogen-bond acceptors (Lipinski definition) is 2. The quantitative estimate of drug-likeness (QED) is 0.674. The van der Waals surface area contributed by atoms with Crippen LogP contribution < -0.4 is 10.6 Å². The van der Waals surface area contributed by atoms with Crippen LogP contribution in [-0.2, 0) is 0 Å². The van der Waals surface area contributed by atoms with Crippen molar-refractivity contribution in [2.45, 2.75) is 92.0 Å². The third-order valence-electron chi connectivity index (χ3n) is 3.22. The van der Waals surface area contributed by atoms with Gasteiger partial charge in [0.05, 0.1) is 0 Å². The summed E-state index contributed by atoms with van der Waals surface area (Å²) in [5, 5.41) is 6.72. The second-order valence-corrected chi connectivity index (χ2v) is 4.89. The lowest BCUT2D eigenvalue weighted by atomic mass is 10.2. The molecule has 1 heterocycles. The maximum atomic E-state index is 3.38. The zero-order valence-corrected chi connectivity index (χ0v) is 15.4. The van der Waals surface area contributed by atoms with E-state index in [2.05, 4.69) is 17.6 Å². The van der Waals surface area contributed by atoms with Gasteiger partial charge in [-0.3, -0.25) is 0 Å². The Labute approximate surface area is 134 Å². The molecule has 0 aromatic rings. The molecule has 2 rings (SSSR count). The number of rotatable bonds is 0. The molecule has 1 aliphatic heterocycles. The Morgan fingerprint density at radius 1 is 0.619 bits per heavy atom. The Balaban J connectivity index is -0.000000104. The summed E-state index contributed by atoms with van der Waals surface area (Å²) in [7, 11) is 0. The molecule has 4 heteroatoms. The van der Waals surface area contributed by atoms with Crippen LogP contribution in [0.5, 0.6) is 0 Å². The minimum absolute atomic E-state index is 0. The molecule has 2 aliphatic rings. The molecule has 0 unspecified atom stereocenters. The molecule has 1 saturated heterocycles. The maximum absolute atomic E-state index is 3.38. The van der Waals surface area contributed by atoms with E-state index < -0.39 is 0 Å². The molecule has 0 radical (unpaired) electrons. The average Bonchev–Trinajstić information content (AvgIpc) is 2.91. The van der Waals surface area contributed by atoms with Crippen LogP contribution in [0, 0.1) is 0 Å². The van der Waals surface area contributed by atoms with E-state index in [0.717, 1.165) is 6.54 Å². The smallest absolute Gasteiger partial charge is 0.0164 e. The SMILES string of the molecule is C1CCCCCC1.CC.CC.C[C@@H]1CNCCCN1.O.O. The Bertz CT molecular complexity index is 119. The van der Waals surface area contributed by atoms with E-state index in [-0.39, 0.29) is 11.0 Å². The molecular formula is C17H44N2O2. The van der Waals surface area contributed by atoms with Crippen molar-refractivity contribution in [3.05, 3.63) is 0 Å². The van der Waals surface area contributed by atoms with Crippen molar-refractivity contribution in [1.29, 1.82) is 0 Å². The van der Waals surface area contributed by atoms with Crippen molar-refractivity contribution in [3.8, 4) is 0 Å². The molecule has 0 bridgehead atoms. The first kappa shape index (κ1) is 28.9. The van der Waals surface area contributed by atoms with Crippen molar-refractivity contribution in [1.82, 2.24) is 10.6 Å². The topological polar surface area (TPSA) is 87.1 Å². The van der Waals surface area contributed by atoms with Crippen LogP contribution in [0.1, 0.15) is 86.0 Å². The van der Waals surface area contributed by atoms with Gasteiger partial charge in [0.1, 0.15) is 0 Å². The van der Waals surface area contributed by atoms with Crippen LogP contribution in [-0.4, -0.2) is 36.6 Å². The van der Waals surface area contributed by atoms with Gasteiger partial charge in [0.15, 0.2) is 0 Å². The molecule has 0 aromatic heterocycles. The summed E-state index contributed by atoms with van der Waals surface area (Å²) in [5.74, 6) is 0. The lowest BCUT2D eigenvalue weighted by Crippen LogP contribution is -2.31. The highest BCUT2D eigenvalue weighted by molar-refractivity contribution is 4.67. The first-order valence-corrected chi connectivity index (χ1v) is 8.83. The van der Waals surface area contributed by atoms with Gasteiger partial charge in [-0.1, -0.05) is 72.6 Å². The first-order chi connectivity index (χ1) is 9.39. The van der Waals surface area contributed by atoms with Gasteiger partial charge in [-0.15, -0.1) is 0 Å². The summed E-state index contributed by atoms with van der Waals surface area (Å²) in [6.45, 7) is 13.7. The molecule has 21 heavy (non-hydrogen) atoms. The summed E-state index contributed by atoms with van der Waals surface area (Å²) in [5.41, 5.74) is 0. The summed E-state index contributed by atoms with van der Waals surface area (Å²) < 4.78 is 0. The fraction of sp³-hybridized carbons (Fsp3) is 1.00. The lowest BCUT2D eigenvalue weighted by molar-refractivity contribution is 0.568. The Morgan fingerprint density at radius 2 is 1.00 bits per heavy atom. The normalized spacial score (nSPS) is 20.7. The third-order valence-corrected chi connectivity index (χ3v) is 3.22. The van der Waals surface area contributed by atoms with E-state index in [9.17, 15) is 0 Å². The highest BCUT2D eigenvalue weighted by Gasteiger charge is 2.02. The predicted molar refractivity (Wildman–Crippen MR) is 97.2 cm³/mol. The van der Waals surface area contributed by atoms with Crippen molar-refractivity contribution in [2.24, 2.45) is 0 Å². The molecule has 0 aromatic carbocycles. The minimum atomic E-state index is 0. The molecule has 1 aliphatic carbocycles. The standard InChI is InChI=1S/C7H14.C6H14N2.2C2H6.2H2O/c1-2-4-6-7-5-3-1;1-6-5-7-3-2-4-8-6;2*1-2;;/h1-7H2;6-8H,2-5H2,1H3;2*1-2H3;2*1H2/t;6-;;;;/m.1..../s1. The largest absolute Gasteiger partial charge is 0.412 e. The second kappa shape index (κ2) is 28.1. The van der Waals surface area contributed by atoms with E-state index in [0.29, 0.717) is 6.04 Å². The summed E-state index contributed by atoms with van der Waals surface area (Å²) in [6, 6.07) is 0.664. The molecule has 1 atom stereocenters. The van der Waals surface area contributed by atoms with Crippen molar-refractivity contribution in [2.75, 3.05) is 19.6 Å². The summed E-state index contributed by atoms with van der Waals surface area (Å²) in [6.07, 6.45) is 11.8. The molecule has 0 spiro atoms. The van der Waals surface area contributed by atoms with Crippen LogP contribution in [0.25, 0.3) is 0 Å². The van der Waals surface area contributed by atoms with E-state index >= 15 is 0 Å². The molecule has 6 N–H and O–H groups in total. The highest BCUT2D eigenvalue weighted by atomic mass is 16.0. The molecule has 4 nitrogen and oxygen atoms in total. The van der Waals surface area contributed by atoms with Gasteiger partial charge in [0, 0.05) is 12.6 Å². The predicted octanol–water partition coefficient (Wildman–Crippen LogP) is 3.09. The van der Waals surface area contributed by atoms with Crippen LogP contribution >= 0.6 is 0 Å². The van der Waals surface area contributed by atoms with Gasteiger partial charge in [-0.2, -0.15) is 0 Å². The van der Waals surface area contributed by atoms with Gasteiger partial charge in [0.2, 0.25) is 0 Å². The monoisotopic (exact) mass is 308 g/mol. The van der Waals surface area contributed by atoms with E-state index in [4.69, 9.17) is 0 Å². The second-order valence-electron chi connectivity index (χ2n) is 4.89. The van der Waals surface area contributed by atoms with Crippen LogP contribution in [0.15, 0.2) is 0 Å². The van der Waals surface area contributed by atoms with Gasteiger partial charge < -0.3 is 21.6 Å². The van der Waals surface area contributed by atoms with Crippen LogP contribution in [0.4, 0.5) is 0 Å². The van der Waals surface area contributed by atoms with E-state index in [1.165, 1.54) is 64.5 Å². The average molecular weight is 309 g/mol. The fourth-order valence-corrected chi connectivity index (χ4v) is 2.19. The Kier molecular flexibility index (Phi) is 38.7. The molecular weight excluding hydrogens is 264 g/mol. The zero-order chi connectivity index (χ0) is 14.8. The third kappa shape index (κ3) is 25.2. The van der Waals surface area contributed by atoms with Gasteiger partial charge >= 0.3 is 0 Å².